The smallest absolute Gasteiger partial charge is 0.308 e. The molecule has 0 saturated heterocycles. The first-order chi connectivity index (χ1) is 10.0. The van der Waals surface area contributed by atoms with Gasteiger partial charge in [-0.05, 0) is 50.5 Å². The Hall–Kier alpha value is -0.870. The maximum atomic E-state index is 11.7. The molecular formula is C17H27NO2S. The standard InChI is InChI=1S/C17H27NO2S/c1-4-13-7-8-15(17(19)20)16(10-13)18(12(2)3)11-14-6-5-9-21-14/h5-6,9,12-13,15-16H,4,7-8,10-11H2,1-3H3,(H,19,20). The first kappa shape index (κ1) is 16.5. The lowest BCUT2D eigenvalue weighted by molar-refractivity contribution is -0.147. The lowest BCUT2D eigenvalue weighted by atomic mass is 9.76. The molecule has 21 heavy (non-hydrogen) atoms. The van der Waals surface area contributed by atoms with Gasteiger partial charge in [-0.2, -0.15) is 0 Å². The van der Waals surface area contributed by atoms with Crippen molar-refractivity contribution in [2.75, 3.05) is 0 Å². The van der Waals surface area contributed by atoms with Gasteiger partial charge in [0.2, 0.25) is 0 Å². The monoisotopic (exact) mass is 309 g/mol. The number of thiophene rings is 1. The van der Waals surface area contributed by atoms with E-state index in [9.17, 15) is 9.90 Å². The van der Waals surface area contributed by atoms with Crippen LogP contribution in [0.3, 0.4) is 0 Å². The molecule has 1 aliphatic carbocycles. The molecule has 1 N–H and O–H groups in total. The molecule has 0 bridgehead atoms. The average Bonchev–Trinajstić information content (AvgIpc) is 2.96. The van der Waals surface area contributed by atoms with E-state index in [1.165, 1.54) is 4.88 Å². The Kier molecular flexibility index (Phi) is 5.82. The van der Waals surface area contributed by atoms with Gasteiger partial charge in [-0.1, -0.05) is 19.4 Å². The molecule has 0 aliphatic heterocycles. The number of carboxylic acids is 1. The van der Waals surface area contributed by atoms with E-state index in [0.29, 0.717) is 12.0 Å². The number of carbonyl (C=O) groups is 1. The van der Waals surface area contributed by atoms with E-state index >= 15 is 0 Å². The maximum absolute atomic E-state index is 11.7. The van der Waals surface area contributed by atoms with Crippen molar-refractivity contribution in [2.24, 2.45) is 11.8 Å². The molecule has 1 fully saturated rings. The van der Waals surface area contributed by atoms with E-state index in [1.54, 1.807) is 11.3 Å². The lowest BCUT2D eigenvalue weighted by Gasteiger charge is -2.43. The molecule has 0 radical (unpaired) electrons. The summed E-state index contributed by atoms with van der Waals surface area (Å²) in [6.07, 6.45) is 4.08. The minimum absolute atomic E-state index is 0.170. The Balaban J connectivity index is 2.19. The van der Waals surface area contributed by atoms with E-state index in [4.69, 9.17) is 0 Å². The lowest BCUT2D eigenvalue weighted by Crippen LogP contribution is -2.49. The summed E-state index contributed by atoms with van der Waals surface area (Å²) in [6.45, 7) is 7.46. The number of nitrogens with zero attached hydrogens (tertiary/aromatic N) is 1. The van der Waals surface area contributed by atoms with Crippen LogP contribution in [0, 0.1) is 11.8 Å². The van der Waals surface area contributed by atoms with Crippen LogP contribution in [0.25, 0.3) is 0 Å². The molecule has 2 rings (SSSR count). The molecule has 0 spiro atoms. The average molecular weight is 309 g/mol. The molecule has 1 aliphatic rings. The zero-order valence-electron chi connectivity index (χ0n) is 13.3. The minimum atomic E-state index is -0.619. The van der Waals surface area contributed by atoms with Gasteiger partial charge in [0.1, 0.15) is 0 Å². The first-order valence-electron chi connectivity index (χ1n) is 8.03. The number of hydrogen-bond acceptors (Lipinski definition) is 3. The third-order valence-electron chi connectivity index (χ3n) is 4.83. The fourth-order valence-corrected chi connectivity index (χ4v) is 4.23. The summed E-state index contributed by atoms with van der Waals surface area (Å²) in [5.41, 5.74) is 0. The third-order valence-corrected chi connectivity index (χ3v) is 5.69. The normalized spacial score (nSPS) is 26.4. The second-order valence-corrected chi connectivity index (χ2v) is 7.48. The van der Waals surface area contributed by atoms with E-state index < -0.39 is 5.97 Å². The highest BCUT2D eigenvalue weighted by Crippen LogP contribution is 2.36. The summed E-state index contributed by atoms with van der Waals surface area (Å²) in [7, 11) is 0. The highest BCUT2D eigenvalue weighted by Gasteiger charge is 2.38. The zero-order chi connectivity index (χ0) is 15.4. The van der Waals surface area contributed by atoms with Crippen LogP contribution in [-0.2, 0) is 11.3 Å². The third kappa shape index (κ3) is 4.07. The van der Waals surface area contributed by atoms with Crippen LogP contribution in [0.1, 0.15) is 51.3 Å². The summed E-state index contributed by atoms with van der Waals surface area (Å²) < 4.78 is 0. The molecule has 3 atom stereocenters. The van der Waals surface area contributed by atoms with E-state index in [-0.39, 0.29) is 12.0 Å². The highest BCUT2D eigenvalue weighted by molar-refractivity contribution is 7.09. The van der Waals surface area contributed by atoms with Gasteiger partial charge in [-0.25, -0.2) is 0 Å². The quantitative estimate of drug-likeness (QED) is 0.854. The van der Waals surface area contributed by atoms with Crippen LogP contribution in [0.15, 0.2) is 17.5 Å². The van der Waals surface area contributed by atoms with Gasteiger partial charge in [-0.3, -0.25) is 9.69 Å². The minimum Gasteiger partial charge on any atom is -0.481 e. The second kappa shape index (κ2) is 7.41. The van der Waals surface area contributed by atoms with Gasteiger partial charge in [0, 0.05) is 23.5 Å². The number of rotatable bonds is 6. The van der Waals surface area contributed by atoms with Gasteiger partial charge in [0.15, 0.2) is 0 Å². The van der Waals surface area contributed by atoms with Gasteiger partial charge in [-0.15, -0.1) is 11.3 Å². The van der Waals surface area contributed by atoms with Crippen molar-refractivity contribution in [3.63, 3.8) is 0 Å². The van der Waals surface area contributed by atoms with Crippen molar-refractivity contribution < 1.29 is 9.90 Å². The number of carboxylic acid groups (broad SMARTS) is 1. The summed E-state index contributed by atoms with van der Waals surface area (Å²) in [4.78, 5) is 15.4. The largest absolute Gasteiger partial charge is 0.481 e. The predicted octanol–water partition coefficient (Wildman–Crippen LogP) is 4.24. The van der Waals surface area contributed by atoms with Crippen LogP contribution < -0.4 is 0 Å². The SMILES string of the molecule is CCC1CCC(C(=O)O)C(N(Cc2cccs2)C(C)C)C1. The molecule has 3 unspecified atom stereocenters. The van der Waals surface area contributed by atoms with Crippen molar-refractivity contribution in [3.05, 3.63) is 22.4 Å². The summed E-state index contributed by atoms with van der Waals surface area (Å²) in [6, 6.07) is 4.76. The van der Waals surface area contributed by atoms with Crippen molar-refractivity contribution in [3.8, 4) is 0 Å². The number of hydrogen-bond donors (Lipinski definition) is 1. The Labute approximate surface area is 132 Å². The maximum Gasteiger partial charge on any atom is 0.308 e. The molecule has 1 heterocycles. The Morgan fingerprint density at radius 2 is 2.24 bits per heavy atom. The van der Waals surface area contributed by atoms with Crippen molar-refractivity contribution in [1.29, 1.82) is 0 Å². The van der Waals surface area contributed by atoms with Gasteiger partial charge in [0.25, 0.3) is 0 Å². The molecule has 0 amide bonds. The molecule has 1 aromatic rings. The van der Waals surface area contributed by atoms with Crippen LogP contribution >= 0.6 is 11.3 Å². The zero-order valence-corrected chi connectivity index (χ0v) is 14.1. The second-order valence-electron chi connectivity index (χ2n) is 6.44. The topological polar surface area (TPSA) is 40.5 Å². The fourth-order valence-electron chi connectivity index (χ4n) is 3.52. The highest BCUT2D eigenvalue weighted by atomic mass is 32.1. The van der Waals surface area contributed by atoms with Gasteiger partial charge < -0.3 is 5.11 Å². The molecule has 4 heteroatoms. The van der Waals surface area contributed by atoms with E-state index in [1.807, 2.05) is 0 Å². The fraction of sp³-hybridized carbons (Fsp3) is 0.706. The number of aliphatic carboxylic acids is 1. The van der Waals surface area contributed by atoms with Gasteiger partial charge >= 0.3 is 5.97 Å². The first-order valence-corrected chi connectivity index (χ1v) is 8.91. The molecule has 3 nitrogen and oxygen atoms in total. The summed E-state index contributed by atoms with van der Waals surface area (Å²) in [5, 5.41) is 11.7. The van der Waals surface area contributed by atoms with Crippen LogP contribution in [-0.4, -0.2) is 28.1 Å². The van der Waals surface area contributed by atoms with Crippen LogP contribution in [0.2, 0.25) is 0 Å². The van der Waals surface area contributed by atoms with Crippen LogP contribution in [0.4, 0.5) is 0 Å². The molecule has 0 aromatic carbocycles. The van der Waals surface area contributed by atoms with Gasteiger partial charge in [0.05, 0.1) is 5.92 Å². The Morgan fingerprint density at radius 1 is 1.48 bits per heavy atom. The predicted molar refractivity (Wildman–Crippen MR) is 87.5 cm³/mol. The van der Waals surface area contributed by atoms with Crippen LogP contribution in [0.5, 0.6) is 0 Å². The summed E-state index contributed by atoms with van der Waals surface area (Å²) in [5.74, 6) is -0.156. The van der Waals surface area contributed by atoms with E-state index in [0.717, 1.165) is 32.2 Å². The molecule has 1 saturated carbocycles. The van der Waals surface area contributed by atoms with Crippen molar-refractivity contribution in [2.45, 2.75) is 65.1 Å². The Bertz CT molecular complexity index is 444. The van der Waals surface area contributed by atoms with Crippen molar-refractivity contribution >= 4 is 17.3 Å². The summed E-state index contributed by atoms with van der Waals surface area (Å²) >= 11 is 1.76. The van der Waals surface area contributed by atoms with E-state index in [2.05, 4.69) is 43.2 Å². The Morgan fingerprint density at radius 3 is 2.76 bits per heavy atom. The molecular weight excluding hydrogens is 282 g/mol. The molecule has 118 valence electrons. The van der Waals surface area contributed by atoms with Crippen molar-refractivity contribution in [1.82, 2.24) is 4.90 Å². The molecule has 1 aromatic heterocycles.